The number of anilines is 1. The van der Waals surface area contributed by atoms with E-state index in [2.05, 4.69) is 26.2 Å². The summed E-state index contributed by atoms with van der Waals surface area (Å²) in [5.74, 6) is -0.927. The molecule has 19 heavy (non-hydrogen) atoms. The van der Waals surface area contributed by atoms with E-state index in [9.17, 15) is 4.79 Å². The van der Waals surface area contributed by atoms with Gasteiger partial charge in [-0.05, 0) is 30.3 Å². The van der Waals surface area contributed by atoms with Crippen LogP contribution >= 0.6 is 15.9 Å². The summed E-state index contributed by atoms with van der Waals surface area (Å²) in [4.78, 5) is 15.0. The number of carboxylic acids is 1. The molecule has 0 aliphatic heterocycles. The van der Waals surface area contributed by atoms with Crippen molar-refractivity contribution in [3.63, 3.8) is 0 Å². The molecule has 4 nitrogen and oxygen atoms in total. The molecular formula is C14H13BrN2O2. The van der Waals surface area contributed by atoms with Crippen molar-refractivity contribution in [3.05, 3.63) is 58.3 Å². The Hall–Kier alpha value is -1.88. The van der Waals surface area contributed by atoms with Crippen LogP contribution in [-0.4, -0.2) is 22.6 Å². The van der Waals surface area contributed by atoms with Crippen LogP contribution in [0.5, 0.6) is 0 Å². The van der Waals surface area contributed by atoms with E-state index in [0.717, 1.165) is 15.9 Å². The number of aromatic carboxylic acids is 1. The molecule has 0 saturated carbocycles. The van der Waals surface area contributed by atoms with Crippen molar-refractivity contribution >= 4 is 27.6 Å². The maximum Gasteiger partial charge on any atom is 0.335 e. The Morgan fingerprint density at radius 3 is 2.89 bits per heavy atom. The molecule has 1 aromatic heterocycles. The number of hydrogen-bond acceptors (Lipinski definition) is 3. The average molecular weight is 321 g/mol. The molecule has 1 aromatic carbocycles. The average Bonchev–Trinajstić information content (AvgIpc) is 2.39. The number of carboxylic acid groups (broad SMARTS) is 1. The summed E-state index contributed by atoms with van der Waals surface area (Å²) in [6.45, 7) is 0.701. The summed E-state index contributed by atoms with van der Waals surface area (Å²) in [7, 11) is 0. The third-order valence-corrected chi connectivity index (χ3v) is 3.09. The maximum atomic E-state index is 10.8. The first kappa shape index (κ1) is 13.5. The normalized spacial score (nSPS) is 10.2. The lowest BCUT2D eigenvalue weighted by Crippen LogP contribution is -2.07. The second-order valence-electron chi connectivity index (χ2n) is 4.03. The summed E-state index contributed by atoms with van der Waals surface area (Å²) in [5, 5.41) is 12.2. The van der Waals surface area contributed by atoms with Gasteiger partial charge in [-0.3, -0.25) is 4.98 Å². The predicted molar refractivity (Wildman–Crippen MR) is 77.5 cm³/mol. The number of benzene rings is 1. The largest absolute Gasteiger partial charge is 0.478 e. The second-order valence-corrected chi connectivity index (χ2v) is 4.94. The molecule has 2 N–H and O–H groups in total. The Morgan fingerprint density at radius 1 is 1.32 bits per heavy atom. The zero-order chi connectivity index (χ0) is 13.7. The van der Waals surface area contributed by atoms with Gasteiger partial charge in [0.2, 0.25) is 0 Å². The van der Waals surface area contributed by atoms with Gasteiger partial charge in [-0.15, -0.1) is 0 Å². The molecule has 0 spiro atoms. The van der Waals surface area contributed by atoms with Gasteiger partial charge in [-0.25, -0.2) is 4.79 Å². The topological polar surface area (TPSA) is 62.2 Å². The summed E-state index contributed by atoms with van der Waals surface area (Å²) in [6.07, 6.45) is 2.20. The third kappa shape index (κ3) is 4.06. The molecule has 0 unspecified atom stereocenters. The number of hydrogen-bond donors (Lipinski definition) is 2. The van der Waals surface area contributed by atoms with E-state index in [1.807, 2.05) is 24.3 Å². The molecule has 0 atom stereocenters. The molecule has 0 aliphatic carbocycles. The van der Waals surface area contributed by atoms with Crippen LogP contribution in [0.3, 0.4) is 0 Å². The molecule has 2 aromatic rings. The van der Waals surface area contributed by atoms with Gasteiger partial charge in [0, 0.05) is 35.0 Å². The molecule has 0 aliphatic rings. The Bertz CT molecular complexity index is 587. The zero-order valence-corrected chi connectivity index (χ0v) is 11.7. The van der Waals surface area contributed by atoms with Crippen molar-refractivity contribution in [2.45, 2.75) is 6.42 Å². The summed E-state index contributed by atoms with van der Waals surface area (Å²) >= 11 is 3.41. The van der Waals surface area contributed by atoms with Gasteiger partial charge in [0.05, 0.1) is 5.56 Å². The lowest BCUT2D eigenvalue weighted by molar-refractivity contribution is 0.0696. The zero-order valence-electron chi connectivity index (χ0n) is 10.1. The maximum absolute atomic E-state index is 10.8. The number of carbonyl (C=O) groups is 1. The van der Waals surface area contributed by atoms with Gasteiger partial charge < -0.3 is 10.4 Å². The molecule has 0 radical (unpaired) electrons. The number of aromatic nitrogens is 1. The van der Waals surface area contributed by atoms with Gasteiger partial charge in [-0.2, -0.15) is 0 Å². The van der Waals surface area contributed by atoms with E-state index in [-0.39, 0.29) is 5.56 Å². The number of nitrogens with zero attached hydrogens (tertiary/aromatic N) is 1. The van der Waals surface area contributed by atoms with Crippen LogP contribution in [0.25, 0.3) is 0 Å². The monoisotopic (exact) mass is 320 g/mol. The molecule has 98 valence electrons. The molecule has 1 heterocycles. The SMILES string of the molecule is O=C(O)c1ccnc(CCNc2cccc(Br)c2)c1. The van der Waals surface area contributed by atoms with Gasteiger partial charge in [0.15, 0.2) is 0 Å². The lowest BCUT2D eigenvalue weighted by atomic mass is 10.2. The highest BCUT2D eigenvalue weighted by Crippen LogP contribution is 2.15. The highest BCUT2D eigenvalue weighted by atomic mass is 79.9. The van der Waals surface area contributed by atoms with Crippen molar-refractivity contribution in [2.24, 2.45) is 0 Å². The van der Waals surface area contributed by atoms with Crippen LogP contribution in [0.4, 0.5) is 5.69 Å². The van der Waals surface area contributed by atoms with E-state index < -0.39 is 5.97 Å². The van der Waals surface area contributed by atoms with Crippen molar-refractivity contribution in [2.75, 3.05) is 11.9 Å². The molecule has 0 fully saturated rings. The van der Waals surface area contributed by atoms with Crippen molar-refractivity contribution in [3.8, 4) is 0 Å². The quantitative estimate of drug-likeness (QED) is 0.888. The first-order valence-electron chi connectivity index (χ1n) is 5.83. The van der Waals surface area contributed by atoms with E-state index in [4.69, 9.17) is 5.11 Å². The van der Waals surface area contributed by atoms with E-state index in [0.29, 0.717) is 13.0 Å². The summed E-state index contributed by atoms with van der Waals surface area (Å²) in [5.41, 5.74) is 2.05. The molecule has 0 amide bonds. The summed E-state index contributed by atoms with van der Waals surface area (Å²) < 4.78 is 1.02. The summed E-state index contributed by atoms with van der Waals surface area (Å²) in [6, 6.07) is 11.0. The number of rotatable bonds is 5. The molecule has 5 heteroatoms. The smallest absolute Gasteiger partial charge is 0.335 e. The molecule has 0 saturated heterocycles. The van der Waals surface area contributed by atoms with Crippen molar-refractivity contribution < 1.29 is 9.90 Å². The second kappa shape index (κ2) is 6.33. The van der Waals surface area contributed by atoms with Gasteiger partial charge >= 0.3 is 5.97 Å². The third-order valence-electron chi connectivity index (χ3n) is 2.60. The van der Waals surface area contributed by atoms with E-state index in [1.165, 1.54) is 12.3 Å². The molecular weight excluding hydrogens is 308 g/mol. The number of pyridine rings is 1. The van der Waals surface area contributed by atoms with Crippen LogP contribution < -0.4 is 5.32 Å². The Balaban J connectivity index is 1.92. The fourth-order valence-corrected chi connectivity index (χ4v) is 2.08. The minimum atomic E-state index is -0.927. The van der Waals surface area contributed by atoms with Crippen LogP contribution in [0.2, 0.25) is 0 Å². The fourth-order valence-electron chi connectivity index (χ4n) is 1.68. The first-order valence-corrected chi connectivity index (χ1v) is 6.62. The van der Waals surface area contributed by atoms with Gasteiger partial charge in [-0.1, -0.05) is 22.0 Å². The highest BCUT2D eigenvalue weighted by Gasteiger charge is 2.04. The first-order chi connectivity index (χ1) is 9.15. The van der Waals surface area contributed by atoms with Crippen LogP contribution in [-0.2, 0) is 6.42 Å². The Labute approximate surface area is 119 Å². The number of halogens is 1. The van der Waals surface area contributed by atoms with Gasteiger partial charge in [0.25, 0.3) is 0 Å². The van der Waals surface area contributed by atoms with Crippen LogP contribution in [0.15, 0.2) is 47.1 Å². The van der Waals surface area contributed by atoms with Gasteiger partial charge in [0.1, 0.15) is 0 Å². The lowest BCUT2D eigenvalue weighted by Gasteiger charge is -2.06. The number of nitrogens with one attached hydrogen (secondary N) is 1. The van der Waals surface area contributed by atoms with Crippen LogP contribution in [0.1, 0.15) is 16.1 Å². The minimum absolute atomic E-state index is 0.271. The van der Waals surface area contributed by atoms with E-state index >= 15 is 0 Å². The molecule has 2 rings (SSSR count). The predicted octanol–water partition coefficient (Wildman–Crippen LogP) is 3.20. The molecule has 0 bridgehead atoms. The fraction of sp³-hybridized carbons (Fsp3) is 0.143. The Kier molecular flexibility index (Phi) is 4.52. The minimum Gasteiger partial charge on any atom is -0.478 e. The van der Waals surface area contributed by atoms with E-state index in [1.54, 1.807) is 6.07 Å². The van der Waals surface area contributed by atoms with Crippen molar-refractivity contribution in [1.29, 1.82) is 0 Å². The highest BCUT2D eigenvalue weighted by molar-refractivity contribution is 9.10. The standard InChI is InChI=1S/C14H13BrN2O2/c15-11-2-1-3-12(9-11)17-7-5-13-8-10(14(18)19)4-6-16-13/h1-4,6,8-9,17H,5,7H2,(H,18,19). The van der Waals surface area contributed by atoms with Crippen LogP contribution in [0, 0.1) is 0 Å². The Morgan fingerprint density at radius 2 is 2.16 bits per heavy atom. The van der Waals surface area contributed by atoms with Crippen molar-refractivity contribution in [1.82, 2.24) is 4.98 Å².